The Morgan fingerprint density at radius 2 is 2.12 bits per heavy atom. The van der Waals surface area contributed by atoms with E-state index in [2.05, 4.69) is 16.4 Å². The van der Waals surface area contributed by atoms with Gasteiger partial charge >= 0.3 is 5.97 Å². The molecular formula is C31H40F3N3O4. The van der Waals surface area contributed by atoms with Gasteiger partial charge in [-0.15, -0.1) is 0 Å². The SMILES string of the molecule is COC(=O)C(c1cccc(F)c1CO[C@H]1CCOC1)N1CCC(C(F)(F)CCCCc2ccc3c(n2)NCCC3)C1. The topological polar surface area (TPSA) is 72.9 Å². The molecule has 41 heavy (non-hydrogen) atoms. The van der Waals surface area contributed by atoms with Crippen LogP contribution >= 0.6 is 0 Å². The van der Waals surface area contributed by atoms with E-state index >= 15 is 8.78 Å². The zero-order valence-electron chi connectivity index (χ0n) is 23.7. The number of benzene rings is 1. The Labute approximate surface area is 239 Å². The fraction of sp³-hybridized carbons (Fsp3) is 0.613. The summed E-state index contributed by atoms with van der Waals surface area (Å²) in [6, 6.07) is 7.60. The van der Waals surface area contributed by atoms with Crippen LogP contribution in [0.5, 0.6) is 0 Å². The Kier molecular flexibility index (Phi) is 9.83. The minimum atomic E-state index is -2.88. The summed E-state index contributed by atoms with van der Waals surface area (Å²) in [5.74, 6) is -3.95. The van der Waals surface area contributed by atoms with Gasteiger partial charge in [0.15, 0.2) is 0 Å². The maximum absolute atomic E-state index is 15.4. The standard InChI is InChI=1S/C31H40F3N3O4/c1-39-30(38)28(25-8-4-9-27(32)26(25)20-41-24-13-17-40-19-24)37-16-12-22(18-37)31(33,34)14-3-2-7-23-11-10-21-6-5-15-35-29(21)36-23/h4,8-11,22,24,28H,2-3,5-7,12-20H2,1H3,(H,35,36)/t22?,24-,28?/m0/s1. The Morgan fingerprint density at radius 1 is 1.24 bits per heavy atom. The minimum absolute atomic E-state index is 0.0259. The van der Waals surface area contributed by atoms with Gasteiger partial charge in [-0.2, -0.15) is 0 Å². The van der Waals surface area contributed by atoms with Crippen LogP contribution < -0.4 is 5.32 Å². The maximum Gasteiger partial charge on any atom is 0.327 e. The first kappa shape index (κ1) is 29.8. The van der Waals surface area contributed by atoms with Crippen LogP contribution in [0.15, 0.2) is 30.3 Å². The van der Waals surface area contributed by atoms with E-state index in [0.717, 1.165) is 30.9 Å². The van der Waals surface area contributed by atoms with Crippen molar-refractivity contribution in [2.24, 2.45) is 5.92 Å². The predicted molar refractivity (Wildman–Crippen MR) is 148 cm³/mol. The lowest BCUT2D eigenvalue weighted by Crippen LogP contribution is -2.37. The number of aromatic nitrogens is 1. The lowest BCUT2D eigenvalue weighted by atomic mass is 9.94. The molecule has 1 N–H and O–H groups in total. The number of carbonyl (C=O) groups is 1. The van der Waals surface area contributed by atoms with E-state index in [0.29, 0.717) is 51.0 Å². The zero-order valence-corrected chi connectivity index (χ0v) is 23.7. The summed E-state index contributed by atoms with van der Waals surface area (Å²) in [6.45, 7) is 2.22. The van der Waals surface area contributed by atoms with Crippen LogP contribution in [0, 0.1) is 11.7 Å². The molecule has 4 heterocycles. The van der Waals surface area contributed by atoms with Crippen molar-refractivity contribution in [2.75, 3.05) is 45.3 Å². The van der Waals surface area contributed by atoms with Crippen molar-refractivity contribution in [3.63, 3.8) is 0 Å². The Morgan fingerprint density at radius 3 is 2.93 bits per heavy atom. The molecule has 2 saturated heterocycles. The van der Waals surface area contributed by atoms with E-state index in [1.165, 1.54) is 24.8 Å². The number of anilines is 1. The highest BCUT2D eigenvalue weighted by atomic mass is 19.3. The number of ether oxygens (including phenoxy) is 3. The van der Waals surface area contributed by atoms with Gasteiger partial charge in [0.25, 0.3) is 5.92 Å². The van der Waals surface area contributed by atoms with Crippen molar-refractivity contribution in [3.8, 4) is 0 Å². The first-order valence-electron chi connectivity index (χ1n) is 14.7. The van der Waals surface area contributed by atoms with Crippen LogP contribution in [-0.4, -0.2) is 67.8 Å². The summed E-state index contributed by atoms with van der Waals surface area (Å²) in [7, 11) is 1.26. The largest absolute Gasteiger partial charge is 0.468 e. The number of hydrogen-bond donors (Lipinski definition) is 1. The third-order valence-corrected chi connectivity index (χ3v) is 8.55. The Hall–Kier alpha value is -2.69. The summed E-state index contributed by atoms with van der Waals surface area (Å²) >= 11 is 0. The van der Waals surface area contributed by atoms with Crippen molar-refractivity contribution < 1.29 is 32.2 Å². The third-order valence-electron chi connectivity index (χ3n) is 8.55. The number of aryl methyl sites for hydroxylation is 2. The Balaban J connectivity index is 1.19. The van der Waals surface area contributed by atoms with Gasteiger partial charge in [-0.05, 0) is 74.8 Å². The first-order valence-corrected chi connectivity index (χ1v) is 14.7. The molecule has 0 spiro atoms. The van der Waals surface area contributed by atoms with Crippen LogP contribution in [0.2, 0.25) is 0 Å². The molecule has 0 bridgehead atoms. The lowest BCUT2D eigenvalue weighted by Gasteiger charge is -2.29. The number of halogens is 3. The monoisotopic (exact) mass is 575 g/mol. The highest BCUT2D eigenvalue weighted by molar-refractivity contribution is 5.78. The van der Waals surface area contributed by atoms with Crippen molar-refractivity contribution in [1.29, 1.82) is 0 Å². The molecule has 5 rings (SSSR count). The van der Waals surface area contributed by atoms with Gasteiger partial charge in [0.2, 0.25) is 0 Å². The second kappa shape index (κ2) is 13.5. The maximum atomic E-state index is 15.4. The van der Waals surface area contributed by atoms with Gasteiger partial charge < -0.3 is 19.5 Å². The number of alkyl halides is 2. The van der Waals surface area contributed by atoms with Crippen molar-refractivity contribution >= 4 is 11.8 Å². The van der Waals surface area contributed by atoms with Gasteiger partial charge in [0.05, 0.1) is 26.4 Å². The number of pyridine rings is 1. The van der Waals surface area contributed by atoms with Gasteiger partial charge in [0.1, 0.15) is 17.7 Å². The van der Waals surface area contributed by atoms with Crippen LogP contribution in [0.25, 0.3) is 0 Å². The van der Waals surface area contributed by atoms with E-state index in [1.807, 2.05) is 6.07 Å². The number of hydrogen-bond acceptors (Lipinski definition) is 7. The predicted octanol–water partition coefficient (Wildman–Crippen LogP) is 5.47. The summed E-state index contributed by atoms with van der Waals surface area (Å²) < 4.78 is 62.0. The first-order chi connectivity index (χ1) is 19.9. The number of rotatable bonds is 12. The average Bonchev–Trinajstić information content (AvgIpc) is 3.68. The number of esters is 1. The highest BCUT2D eigenvalue weighted by Crippen LogP contribution is 2.40. The zero-order chi connectivity index (χ0) is 28.8. The molecule has 2 aromatic rings. The van der Waals surface area contributed by atoms with Crippen LogP contribution in [0.4, 0.5) is 19.0 Å². The fourth-order valence-electron chi connectivity index (χ4n) is 6.16. The molecule has 0 radical (unpaired) electrons. The number of fused-ring (bicyclic) bond motifs is 1. The van der Waals surface area contributed by atoms with E-state index < -0.39 is 29.7 Å². The summed E-state index contributed by atoms with van der Waals surface area (Å²) in [6.07, 6.45) is 4.37. The van der Waals surface area contributed by atoms with Gasteiger partial charge in [-0.1, -0.05) is 18.2 Å². The number of nitrogens with zero attached hydrogens (tertiary/aromatic N) is 2. The molecule has 7 nitrogen and oxygen atoms in total. The molecule has 2 unspecified atom stereocenters. The van der Waals surface area contributed by atoms with E-state index in [1.54, 1.807) is 11.0 Å². The van der Waals surface area contributed by atoms with Crippen LogP contribution in [0.3, 0.4) is 0 Å². The van der Waals surface area contributed by atoms with E-state index in [4.69, 9.17) is 14.2 Å². The summed E-state index contributed by atoms with van der Waals surface area (Å²) in [4.78, 5) is 19.3. The molecule has 10 heteroatoms. The second-order valence-corrected chi connectivity index (χ2v) is 11.3. The van der Waals surface area contributed by atoms with Crippen molar-refractivity contribution in [1.82, 2.24) is 9.88 Å². The lowest BCUT2D eigenvalue weighted by molar-refractivity contribution is -0.147. The average molecular weight is 576 g/mol. The molecule has 0 amide bonds. The molecule has 3 aliphatic rings. The molecule has 1 aromatic carbocycles. The normalized spacial score (nSPS) is 21.9. The van der Waals surface area contributed by atoms with E-state index in [9.17, 15) is 9.18 Å². The molecule has 0 saturated carbocycles. The van der Waals surface area contributed by atoms with Crippen LogP contribution in [-0.2, 0) is 38.5 Å². The summed E-state index contributed by atoms with van der Waals surface area (Å²) in [5.41, 5.74) is 2.77. The smallest absolute Gasteiger partial charge is 0.327 e. The molecule has 224 valence electrons. The van der Waals surface area contributed by atoms with Gasteiger partial charge in [-0.25, -0.2) is 22.9 Å². The Bertz CT molecular complexity index is 1190. The van der Waals surface area contributed by atoms with Crippen molar-refractivity contribution in [2.45, 2.75) is 76.0 Å². The highest BCUT2D eigenvalue weighted by Gasteiger charge is 2.46. The molecule has 2 fully saturated rings. The number of nitrogens with one attached hydrogen (secondary N) is 1. The minimum Gasteiger partial charge on any atom is -0.468 e. The number of unbranched alkanes of at least 4 members (excludes halogenated alkanes) is 1. The fourth-order valence-corrected chi connectivity index (χ4v) is 6.16. The summed E-state index contributed by atoms with van der Waals surface area (Å²) in [5, 5.41) is 3.32. The second-order valence-electron chi connectivity index (χ2n) is 11.3. The van der Waals surface area contributed by atoms with Crippen LogP contribution in [0.1, 0.15) is 67.0 Å². The quantitative estimate of drug-likeness (QED) is 0.266. The molecule has 1 aromatic heterocycles. The van der Waals surface area contributed by atoms with E-state index in [-0.39, 0.29) is 37.7 Å². The third kappa shape index (κ3) is 7.21. The molecular weight excluding hydrogens is 535 g/mol. The number of carbonyl (C=O) groups excluding carboxylic acids is 1. The number of methoxy groups -OCH3 is 1. The van der Waals surface area contributed by atoms with Crippen molar-refractivity contribution in [3.05, 3.63) is 58.5 Å². The molecule has 3 atom stereocenters. The number of likely N-dealkylation sites (tertiary alicyclic amines) is 1. The van der Waals surface area contributed by atoms with Gasteiger partial charge in [-0.3, -0.25) is 4.90 Å². The van der Waals surface area contributed by atoms with Gasteiger partial charge in [0, 0.05) is 43.3 Å². The molecule has 0 aliphatic carbocycles. The molecule has 3 aliphatic heterocycles.